The molecule has 0 atom stereocenters. The van der Waals surface area contributed by atoms with Crippen LogP contribution in [0.1, 0.15) is 5.82 Å². The summed E-state index contributed by atoms with van der Waals surface area (Å²) in [4.78, 5) is 17.2. The topological polar surface area (TPSA) is 62.2 Å². The van der Waals surface area contributed by atoms with Crippen LogP contribution in [0.25, 0.3) is 0 Å². The lowest BCUT2D eigenvalue weighted by Gasteiger charge is -2.15. The van der Waals surface area contributed by atoms with E-state index in [0.29, 0.717) is 18.9 Å². The summed E-state index contributed by atoms with van der Waals surface area (Å²) in [5.41, 5.74) is 1.51. The van der Waals surface area contributed by atoms with Gasteiger partial charge in [0.1, 0.15) is 12.4 Å². The highest BCUT2D eigenvalue weighted by atomic mass is 19.4. The number of alkyl halides is 3. The second-order valence-electron chi connectivity index (χ2n) is 5.37. The van der Waals surface area contributed by atoms with Crippen molar-refractivity contribution in [3.8, 4) is 0 Å². The molecule has 0 bridgehead atoms. The molecule has 2 aromatic rings. The molecule has 0 radical (unpaired) electrons. The van der Waals surface area contributed by atoms with Crippen molar-refractivity contribution in [3.05, 3.63) is 42.5 Å². The fraction of sp³-hybridized carbons (Fsp3) is 0.333. The lowest BCUT2D eigenvalue weighted by molar-refractivity contribution is -0.141. The molecule has 9 heteroatoms. The number of anilines is 2. The molecule has 1 aliphatic heterocycles. The van der Waals surface area contributed by atoms with Crippen LogP contribution in [0.4, 0.5) is 29.3 Å². The fourth-order valence-electron chi connectivity index (χ4n) is 2.50. The minimum Gasteiger partial charge on any atom is -0.378 e. The third-order valence-electron chi connectivity index (χ3n) is 3.64. The zero-order valence-corrected chi connectivity index (χ0v) is 12.7. The van der Waals surface area contributed by atoms with Gasteiger partial charge < -0.3 is 15.2 Å². The summed E-state index contributed by atoms with van der Waals surface area (Å²) in [6.07, 6.45) is -1.63. The molecule has 2 heterocycles. The number of carbonyl (C=O) groups excluding carboxylic acids is 1. The van der Waals surface area contributed by atoms with E-state index in [-0.39, 0.29) is 12.6 Å². The average molecular weight is 339 g/mol. The summed E-state index contributed by atoms with van der Waals surface area (Å²) >= 11 is 0. The van der Waals surface area contributed by atoms with Gasteiger partial charge in [0.2, 0.25) is 0 Å². The minimum absolute atomic E-state index is 0.134. The number of imidazole rings is 1. The van der Waals surface area contributed by atoms with E-state index < -0.39 is 12.7 Å². The minimum atomic E-state index is -4.28. The van der Waals surface area contributed by atoms with E-state index in [4.69, 9.17) is 0 Å². The van der Waals surface area contributed by atoms with Gasteiger partial charge in [0, 0.05) is 36.9 Å². The molecule has 24 heavy (non-hydrogen) atoms. The molecule has 128 valence electrons. The SMILES string of the molecule is O=C1NCCN1c1ccc(NCc2nccn2CC(F)(F)F)cc1. The van der Waals surface area contributed by atoms with Crippen molar-refractivity contribution in [2.75, 3.05) is 23.3 Å². The largest absolute Gasteiger partial charge is 0.406 e. The highest BCUT2D eigenvalue weighted by molar-refractivity contribution is 5.94. The van der Waals surface area contributed by atoms with Gasteiger partial charge in [0.05, 0.1) is 6.54 Å². The standard InChI is InChI=1S/C15H16F3N5O/c16-15(17,18)10-22-7-5-19-13(22)9-21-11-1-3-12(4-2-11)23-8-6-20-14(23)24/h1-5,7,21H,6,8-10H2,(H,20,24). The Morgan fingerprint density at radius 1 is 1.25 bits per heavy atom. The Morgan fingerprint density at radius 3 is 2.62 bits per heavy atom. The zero-order chi connectivity index (χ0) is 17.2. The van der Waals surface area contributed by atoms with Crippen molar-refractivity contribution < 1.29 is 18.0 Å². The lowest BCUT2D eigenvalue weighted by Crippen LogP contribution is -2.27. The molecule has 1 saturated heterocycles. The van der Waals surface area contributed by atoms with Crippen LogP contribution in [0.2, 0.25) is 0 Å². The van der Waals surface area contributed by atoms with Crippen LogP contribution >= 0.6 is 0 Å². The number of hydrogen-bond acceptors (Lipinski definition) is 3. The molecular weight excluding hydrogens is 323 g/mol. The first-order chi connectivity index (χ1) is 11.4. The van der Waals surface area contributed by atoms with Crippen molar-refractivity contribution in [2.24, 2.45) is 0 Å². The fourth-order valence-corrected chi connectivity index (χ4v) is 2.50. The number of benzene rings is 1. The Morgan fingerprint density at radius 2 is 2.00 bits per heavy atom. The molecule has 2 amide bonds. The molecule has 1 aliphatic rings. The van der Waals surface area contributed by atoms with E-state index in [2.05, 4.69) is 15.6 Å². The quantitative estimate of drug-likeness (QED) is 0.880. The van der Waals surface area contributed by atoms with Gasteiger partial charge in [-0.15, -0.1) is 0 Å². The number of amides is 2. The van der Waals surface area contributed by atoms with Crippen molar-refractivity contribution in [1.29, 1.82) is 0 Å². The maximum Gasteiger partial charge on any atom is 0.406 e. The summed E-state index contributed by atoms with van der Waals surface area (Å²) in [5.74, 6) is 0.301. The van der Waals surface area contributed by atoms with Gasteiger partial charge in [-0.05, 0) is 24.3 Å². The second kappa shape index (κ2) is 6.42. The third-order valence-corrected chi connectivity index (χ3v) is 3.64. The van der Waals surface area contributed by atoms with Crippen molar-refractivity contribution in [1.82, 2.24) is 14.9 Å². The van der Waals surface area contributed by atoms with Crippen LogP contribution in [-0.4, -0.2) is 34.8 Å². The number of carbonyl (C=O) groups is 1. The molecule has 0 spiro atoms. The number of nitrogens with one attached hydrogen (secondary N) is 2. The molecule has 0 aliphatic carbocycles. The number of rotatable bonds is 5. The van der Waals surface area contributed by atoms with Gasteiger partial charge in [0.25, 0.3) is 0 Å². The van der Waals surface area contributed by atoms with E-state index in [1.807, 2.05) is 0 Å². The molecule has 2 N–H and O–H groups in total. The lowest BCUT2D eigenvalue weighted by atomic mass is 10.2. The molecule has 1 aromatic carbocycles. The van der Waals surface area contributed by atoms with Crippen LogP contribution in [0.5, 0.6) is 0 Å². The smallest absolute Gasteiger partial charge is 0.378 e. The maximum absolute atomic E-state index is 12.5. The summed E-state index contributed by atoms with van der Waals surface area (Å²) < 4.78 is 38.5. The van der Waals surface area contributed by atoms with Gasteiger partial charge in [-0.25, -0.2) is 9.78 Å². The molecule has 1 fully saturated rings. The monoisotopic (exact) mass is 339 g/mol. The predicted octanol–water partition coefficient (Wildman–Crippen LogP) is 2.59. The summed E-state index contributed by atoms with van der Waals surface area (Å²) in [6.45, 7) is 0.334. The summed E-state index contributed by atoms with van der Waals surface area (Å²) in [7, 11) is 0. The molecule has 6 nitrogen and oxygen atoms in total. The predicted molar refractivity (Wildman–Crippen MR) is 82.8 cm³/mol. The van der Waals surface area contributed by atoms with Crippen molar-refractivity contribution >= 4 is 17.4 Å². The summed E-state index contributed by atoms with van der Waals surface area (Å²) in [6, 6.07) is 6.99. The first-order valence-electron chi connectivity index (χ1n) is 7.38. The number of aromatic nitrogens is 2. The van der Waals surface area contributed by atoms with Gasteiger partial charge in [-0.1, -0.05) is 0 Å². The second-order valence-corrected chi connectivity index (χ2v) is 5.37. The molecule has 0 saturated carbocycles. The first-order valence-corrected chi connectivity index (χ1v) is 7.38. The number of urea groups is 1. The molecular formula is C15H16F3N5O. The Bertz CT molecular complexity index is 711. The van der Waals surface area contributed by atoms with Gasteiger partial charge in [-0.3, -0.25) is 4.90 Å². The van der Waals surface area contributed by atoms with E-state index in [1.165, 1.54) is 12.4 Å². The van der Waals surface area contributed by atoms with E-state index >= 15 is 0 Å². The van der Waals surface area contributed by atoms with Crippen LogP contribution in [0, 0.1) is 0 Å². The first kappa shape index (κ1) is 16.2. The van der Waals surface area contributed by atoms with Crippen LogP contribution in [0.3, 0.4) is 0 Å². The Labute approximate surface area is 136 Å². The van der Waals surface area contributed by atoms with Crippen molar-refractivity contribution in [2.45, 2.75) is 19.3 Å². The number of halogens is 3. The highest BCUT2D eigenvalue weighted by Crippen LogP contribution is 2.21. The van der Waals surface area contributed by atoms with Gasteiger partial charge in [-0.2, -0.15) is 13.2 Å². The number of nitrogens with zero attached hydrogens (tertiary/aromatic N) is 3. The Hall–Kier alpha value is -2.71. The normalized spacial score (nSPS) is 14.8. The van der Waals surface area contributed by atoms with Gasteiger partial charge >= 0.3 is 12.2 Å². The Kier molecular flexibility index (Phi) is 4.32. The van der Waals surface area contributed by atoms with E-state index in [9.17, 15) is 18.0 Å². The summed E-state index contributed by atoms with van der Waals surface area (Å²) in [5, 5.41) is 5.75. The average Bonchev–Trinajstić information content (AvgIpc) is 3.13. The maximum atomic E-state index is 12.5. The number of hydrogen-bond donors (Lipinski definition) is 2. The van der Waals surface area contributed by atoms with Crippen LogP contribution in [-0.2, 0) is 13.1 Å². The van der Waals surface area contributed by atoms with E-state index in [0.717, 1.165) is 15.9 Å². The molecule has 1 aromatic heterocycles. The zero-order valence-electron chi connectivity index (χ0n) is 12.7. The van der Waals surface area contributed by atoms with Crippen LogP contribution in [0.15, 0.2) is 36.7 Å². The highest BCUT2D eigenvalue weighted by Gasteiger charge is 2.28. The third kappa shape index (κ3) is 3.79. The van der Waals surface area contributed by atoms with Crippen molar-refractivity contribution in [3.63, 3.8) is 0 Å². The van der Waals surface area contributed by atoms with Gasteiger partial charge in [0.15, 0.2) is 0 Å². The molecule has 3 rings (SSSR count). The molecule has 0 unspecified atom stereocenters. The Balaban J connectivity index is 1.61. The van der Waals surface area contributed by atoms with E-state index in [1.54, 1.807) is 29.2 Å². The van der Waals surface area contributed by atoms with Crippen LogP contribution < -0.4 is 15.5 Å².